The smallest absolute Gasteiger partial charge is 0.175 e. The fourth-order valence-corrected chi connectivity index (χ4v) is 2.99. The van der Waals surface area contributed by atoms with Crippen molar-refractivity contribution in [3.63, 3.8) is 0 Å². The van der Waals surface area contributed by atoms with Gasteiger partial charge in [0.1, 0.15) is 6.10 Å². The van der Waals surface area contributed by atoms with Crippen molar-refractivity contribution in [1.29, 1.82) is 0 Å². The Labute approximate surface area is 117 Å². The predicted molar refractivity (Wildman–Crippen MR) is 72.6 cm³/mol. The van der Waals surface area contributed by atoms with Crippen molar-refractivity contribution in [1.82, 2.24) is 5.32 Å². The van der Waals surface area contributed by atoms with Crippen molar-refractivity contribution in [3.05, 3.63) is 29.6 Å². The summed E-state index contributed by atoms with van der Waals surface area (Å²) in [5, 5.41) is 3.51. The summed E-state index contributed by atoms with van der Waals surface area (Å²) in [6.07, 6.45) is 4.78. The third-order valence-electron chi connectivity index (χ3n) is 3.84. The summed E-state index contributed by atoms with van der Waals surface area (Å²) in [5.74, 6) is -0.343. The molecule has 19 heavy (non-hydrogen) atoms. The molecule has 3 rings (SSSR count). The van der Waals surface area contributed by atoms with Gasteiger partial charge in [-0.3, -0.25) is 4.79 Å². The number of piperidine rings is 1. The first-order valence-electron chi connectivity index (χ1n) is 6.42. The Morgan fingerprint density at radius 3 is 2.58 bits per heavy atom. The molecule has 2 saturated heterocycles. The summed E-state index contributed by atoms with van der Waals surface area (Å²) in [4.78, 5) is 10.7. The first kappa shape index (κ1) is 14.3. The van der Waals surface area contributed by atoms with E-state index in [1.54, 1.807) is 12.1 Å². The summed E-state index contributed by atoms with van der Waals surface area (Å²) < 4.78 is 19.6. The molecule has 2 fully saturated rings. The van der Waals surface area contributed by atoms with Gasteiger partial charge >= 0.3 is 0 Å². The third-order valence-corrected chi connectivity index (χ3v) is 3.84. The standard InChI is InChI=1S/C14H16FNO2.ClH/c15-14-9(8-17)2-1-3-13(14)18-12-6-10-4-5-11(7-12)16-10;/h1-3,8,10-12,16H,4-7H2;1H/t10-,11+,12?;. The fraction of sp³-hybridized carbons (Fsp3) is 0.500. The summed E-state index contributed by atoms with van der Waals surface area (Å²) >= 11 is 0. The second kappa shape index (κ2) is 5.88. The topological polar surface area (TPSA) is 38.3 Å². The van der Waals surface area contributed by atoms with E-state index in [9.17, 15) is 9.18 Å². The van der Waals surface area contributed by atoms with Gasteiger partial charge < -0.3 is 10.1 Å². The lowest BCUT2D eigenvalue weighted by Gasteiger charge is -2.29. The predicted octanol–water partition coefficient (Wildman–Crippen LogP) is 2.72. The number of ether oxygens (including phenoxy) is 1. The van der Waals surface area contributed by atoms with E-state index >= 15 is 0 Å². The number of halogens is 2. The van der Waals surface area contributed by atoms with Gasteiger partial charge in [0.2, 0.25) is 0 Å². The van der Waals surface area contributed by atoms with Crippen LogP contribution in [-0.2, 0) is 0 Å². The lowest BCUT2D eigenvalue weighted by Crippen LogP contribution is -2.42. The minimum Gasteiger partial charge on any atom is -0.487 e. The number of hydrogen-bond donors (Lipinski definition) is 1. The van der Waals surface area contributed by atoms with E-state index in [0.717, 1.165) is 12.8 Å². The van der Waals surface area contributed by atoms with Crippen molar-refractivity contribution in [2.24, 2.45) is 0 Å². The van der Waals surface area contributed by atoms with Crippen LogP contribution in [0.4, 0.5) is 4.39 Å². The molecule has 0 radical (unpaired) electrons. The number of carbonyl (C=O) groups excluding carboxylic acids is 1. The molecule has 0 aromatic heterocycles. The van der Waals surface area contributed by atoms with E-state index in [4.69, 9.17) is 4.74 Å². The summed E-state index contributed by atoms with van der Waals surface area (Å²) in [7, 11) is 0. The highest BCUT2D eigenvalue weighted by molar-refractivity contribution is 5.85. The van der Waals surface area contributed by atoms with Crippen LogP contribution < -0.4 is 10.1 Å². The zero-order chi connectivity index (χ0) is 12.5. The fourth-order valence-electron chi connectivity index (χ4n) is 2.99. The van der Waals surface area contributed by atoms with E-state index in [1.807, 2.05) is 0 Å². The molecule has 104 valence electrons. The maximum Gasteiger partial charge on any atom is 0.175 e. The SMILES string of the molecule is Cl.O=Cc1cccc(OC2C[C@H]3CC[C@@H](C2)N3)c1F. The molecule has 0 spiro atoms. The third kappa shape index (κ3) is 2.90. The molecule has 0 amide bonds. The monoisotopic (exact) mass is 285 g/mol. The van der Waals surface area contributed by atoms with E-state index < -0.39 is 5.82 Å². The van der Waals surface area contributed by atoms with Crippen LogP contribution in [0, 0.1) is 5.82 Å². The molecule has 0 aliphatic carbocycles. The Morgan fingerprint density at radius 1 is 1.26 bits per heavy atom. The number of rotatable bonds is 3. The number of carbonyl (C=O) groups is 1. The molecule has 3 nitrogen and oxygen atoms in total. The van der Waals surface area contributed by atoms with Crippen LogP contribution in [0.1, 0.15) is 36.0 Å². The molecule has 1 N–H and O–H groups in total. The van der Waals surface area contributed by atoms with Crippen molar-refractivity contribution in [2.75, 3.05) is 0 Å². The molecule has 0 saturated carbocycles. The van der Waals surface area contributed by atoms with Gasteiger partial charge in [-0.05, 0) is 37.8 Å². The average molecular weight is 286 g/mol. The lowest BCUT2D eigenvalue weighted by molar-refractivity contribution is 0.111. The number of fused-ring (bicyclic) bond motifs is 2. The minimum atomic E-state index is -0.543. The van der Waals surface area contributed by atoms with E-state index in [-0.39, 0.29) is 29.8 Å². The summed E-state index contributed by atoms with van der Waals surface area (Å²) in [6, 6.07) is 5.71. The van der Waals surface area contributed by atoms with Crippen molar-refractivity contribution in [3.8, 4) is 5.75 Å². The van der Waals surface area contributed by atoms with E-state index in [1.165, 1.54) is 18.9 Å². The van der Waals surface area contributed by atoms with E-state index in [2.05, 4.69) is 5.32 Å². The Balaban J connectivity index is 0.00000133. The van der Waals surface area contributed by atoms with Crippen LogP contribution in [0.2, 0.25) is 0 Å². The molecule has 1 aromatic carbocycles. The highest BCUT2D eigenvalue weighted by Gasteiger charge is 2.34. The number of hydrogen-bond acceptors (Lipinski definition) is 3. The van der Waals surface area contributed by atoms with Crippen molar-refractivity contribution in [2.45, 2.75) is 43.9 Å². The number of aldehydes is 1. The molecule has 3 atom stereocenters. The normalized spacial score (nSPS) is 28.6. The molecule has 2 aliphatic heterocycles. The zero-order valence-corrected chi connectivity index (χ0v) is 11.3. The van der Waals surface area contributed by atoms with Gasteiger partial charge in [-0.1, -0.05) is 6.07 Å². The van der Waals surface area contributed by atoms with Crippen LogP contribution in [-0.4, -0.2) is 24.5 Å². The Kier molecular flexibility index (Phi) is 4.42. The van der Waals surface area contributed by atoms with Gasteiger partial charge in [-0.2, -0.15) is 0 Å². The van der Waals surface area contributed by atoms with E-state index in [0.29, 0.717) is 18.4 Å². The second-order valence-electron chi connectivity index (χ2n) is 5.13. The zero-order valence-electron chi connectivity index (χ0n) is 10.5. The van der Waals surface area contributed by atoms with Crippen LogP contribution in [0.25, 0.3) is 0 Å². The highest BCUT2D eigenvalue weighted by atomic mass is 35.5. The maximum atomic E-state index is 13.9. The Hall–Kier alpha value is -1.13. The Bertz CT molecular complexity index is 457. The summed E-state index contributed by atoms with van der Waals surface area (Å²) in [5.41, 5.74) is 0.0596. The second-order valence-corrected chi connectivity index (χ2v) is 5.13. The van der Waals surface area contributed by atoms with Gasteiger partial charge in [0.05, 0.1) is 5.56 Å². The largest absolute Gasteiger partial charge is 0.487 e. The van der Waals surface area contributed by atoms with Crippen molar-refractivity contribution >= 4 is 18.7 Å². The Morgan fingerprint density at radius 2 is 1.95 bits per heavy atom. The van der Waals surface area contributed by atoms with Crippen LogP contribution >= 0.6 is 12.4 Å². The maximum absolute atomic E-state index is 13.9. The van der Waals surface area contributed by atoms with Gasteiger partial charge in [0.25, 0.3) is 0 Å². The molecular weight excluding hydrogens is 269 g/mol. The summed E-state index contributed by atoms with van der Waals surface area (Å²) in [6.45, 7) is 0. The quantitative estimate of drug-likeness (QED) is 0.868. The number of benzene rings is 1. The molecule has 5 heteroatoms. The van der Waals surface area contributed by atoms with Crippen LogP contribution in [0.15, 0.2) is 18.2 Å². The van der Waals surface area contributed by atoms with Crippen LogP contribution in [0.5, 0.6) is 5.75 Å². The molecule has 2 bridgehead atoms. The van der Waals surface area contributed by atoms with Gasteiger partial charge in [0, 0.05) is 12.1 Å². The average Bonchev–Trinajstić information content (AvgIpc) is 2.71. The molecule has 2 heterocycles. The highest BCUT2D eigenvalue weighted by Crippen LogP contribution is 2.30. The van der Waals surface area contributed by atoms with Crippen LogP contribution in [0.3, 0.4) is 0 Å². The molecular formula is C14H17ClFNO2. The van der Waals surface area contributed by atoms with Gasteiger partial charge in [-0.15, -0.1) is 12.4 Å². The molecule has 1 unspecified atom stereocenters. The molecule has 2 aliphatic rings. The first-order chi connectivity index (χ1) is 8.76. The number of nitrogens with one attached hydrogen (secondary N) is 1. The van der Waals surface area contributed by atoms with Gasteiger partial charge in [0.15, 0.2) is 17.9 Å². The van der Waals surface area contributed by atoms with Gasteiger partial charge in [-0.25, -0.2) is 4.39 Å². The first-order valence-corrected chi connectivity index (χ1v) is 6.42. The lowest BCUT2D eigenvalue weighted by atomic mass is 10.0. The van der Waals surface area contributed by atoms with Crippen molar-refractivity contribution < 1.29 is 13.9 Å². The molecule has 1 aromatic rings. The minimum absolute atomic E-state index is 0.